The van der Waals surface area contributed by atoms with Gasteiger partial charge in [-0.15, -0.1) is 11.3 Å². The highest BCUT2D eigenvalue weighted by molar-refractivity contribution is 7.17. The van der Waals surface area contributed by atoms with Gasteiger partial charge in [0.25, 0.3) is 0 Å². The van der Waals surface area contributed by atoms with E-state index in [1.165, 1.54) is 10.1 Å². The minimum absolute atomic E-state index is 0.287. The van der Waals surface area contributed by atoms with Crippen molar-refractivity contribution >= 4 is 37.9 Å². The number of rotatable bonds is 2. The largest absolute Gasteiger partial charge is 0.494 e. The first kappa shape index (κ1) is 13.2. The molecule has 2 aromatic carbocycles. The van der Waals surface area contributed by atoms with Crippen LogP contribution in [0.25, 0.3) is 26.5 Å². The average molecular weight is 308 g/mol. The first-order valence-corrected chi connectivity index (χ1v) is 8.00. The topological polar surface area (TPSA) is 28.4 Å². The molecule has 2 aromatic heterocycles. The van der Waals surface area contributed by atoms with Gasteiger partial charge in [0, 0.05) is 47.1 Å². The van der Waals surface area contributed by atoms with Crippen molar-refractivity contribution in [3.63, 3.8) is 0 Å². The molecule has 0 bridgehead atoms. The number of hydrogen-bond donors (Lipinski definition) is 1. The molecule has 0 saturated carbocycles. The SMILES string of the molecule is CN(C)c1ccc2cn(-c3ccc4ccsc4c3)c(O)c2c1. The number of benzene rings is 2. The van der Waals surface area contributed by atoms with Crippen molar-refractivity contribution in [3.8, 4) is 11.6 Å². The lowest BCUT2D eigenvalue weighted by Gasteiger charge is -2.11. The Labute approximate surface area is 132 Å². The molecule has 4 aromatic rings. The standard InChI is InChI=1S/C18H16N2OS/c1-19(2)14-5-4-13-11-20(18(21)16(13)9-14)15-6-3-12-7-8-22-17(12)10-15/h3-11,21H,1-2H3. The summed E-state index contributed by atoms with van der Waals surface area (Å²) in [5.41, 5.74) is 2.06. The van der Waals surface area contributed by atoms with E-state index in [4.69, 9.17) is 0 Å². The van der Waals surface area contributed by atoms with Gasteiger partial charge in [0.2, 0.25) is 5.88 Å². The van der Waals surface area contributed by atoms with Gasteiger partial charge < -0.3 is 10.0 Å². The van der Waals surface area contributed by atoms with Crippen LogP contribution in [0.3, 0.4) is 0 Å². The lowest BCUT2D eigenvalue weighted by atomic mass is 10.2. The third-order valence-corrected chi connectivity index (χ3v) is 4.89. The minimum Gasteiger partial charge on any atom is -0.494 e. The molecule has 0 spiro atoms. The molecule has 0 aliphatic rings. The number of fused-ring (bicyclic) bond motifs is 2. The smallest absolute Gasteiger partial charge is 0.203 e. The molecule has 0 unspecified atom stereocenters. The quantitative estimate of drug-likeness (QED) is 0.585. The fourth-order valence-corrected chi connectivity index (χ4v) is 3.57. The van der Waals surface area contributed by atoms with Crippen molar-refractivity contribution in [1.82, 2.24) is 4.57 Å². The van der Waals surface area contributed by atoms with Crippen molar-refractivity contribution in [1.29, 1.82) is 0 Å². The predicted octanol–water partition coefficient (Wildman–Crippen LogP) is 4.62. The molecule has 3 nitrogen and oxygen atoms in total. The summed E-state index contributed by atoms with van der Waals surface area (Å²) in [5, 5.41) is 15.9. The molecule has 0 radical (unpaired) electrons. The molecule has 4 rings (SSSR count). The van der Waals surface area contributed by atoms with Crippen LogP contribution in [0.5, 0.6) is 5.88 Å². The number of hydrogen-bond acceptors (Lipinski definition) is 3. The Balaban J connectivity index is 1.92. The van der Waals surface area contributed by atoms with Gasteiger partial charge in [-0.3, -0.25) is 4.57 Å². The molecule has 1 N–H and O–H groups in total. The molecule has 0 amide bonds. The van der Waals surface area contributed by atoms with Crippen LogP contribution in [0.1, 0.15) is 0 Å². The van der Waals surface area contributed by atoms with Crippen molar-refractivity contribution in [2.24, 2.45) is 0 Å². The Morgan fingerprint density at radius 1 is 1.00 bits per heavy atom. The van der Waals surface area contributed by atoms with Gasteiger partial charge in [0.15, 0.2) is 0 Å². The predicted molar refractivity (Wildman–Crippen MR) is 94.6 cm³/mol. The van der Waals surface area contributed by atoms with Gasteiger partial charge in [0.05, 0.1) is 0 Å². The molecule has 0 atom stereocenters. The normalized spacial score (nSPS) is 11.4. The van der Waals surface area contributed by atoms with Crippen LogP contribution in [0.2, 0.25) is 0 Å². The zero-order chi connectivity index (χ0) is 15.3. The second-order valence-electron chi connectivity index (χ2n) is 5.63. The summed E-state index contributed by atoms with van der Waals surface area (Å²) in [6.07, 6.45) is 1.98. The minimum atomic E-state index is 0.287. The Morgan fingerprint density at radius 2 is 1.82 bits per heavy atom. The fourth-order valence-electron chi connectivity index (χ4n) is 2.75. The molecular weight excluding hydrogens is 292 g/mol. The Hall–Kier alpha value is -2.46. The summed E-state index contributed by atoms with van der Waals surface area (Å²) in [7, 11) is 4.00. The first-order valence-electron chi connectivity index (χ1n) is 7.12. The number of nitrogens with zero attached hydrogens (tertiary/aromatic N) is 2. The maximum atomic E-state index is 10.6. The second kappa shape index (κ2) is 4.78. The molecule has 0 aliphatic carbocycles. The molecule has 0 aliphatic heterocycles. The van der Waals surface area contributed by atoms with Gasteiger partial charge in [0.1, 0.15) is 0 Å². The summed E-state index contributed by atoms with van der Waals surface area (Å²) in [4.78, 5) is 2.04. The van der Waals surface area contributed by atoms with E-state index in [1.807, 2.05) is 48.0 Å². The van der Waals surface area contributed by atoms with Crippen LogP contribution in [0, 0.1) is 0 Å². The zero-order valence-corrected chi connectivity index (χ0v) is 13.3. The average Bonchev–Trinajstić information content (AvgIpc) is 3.11. The maximum absolute atomic E-state index is 10.6. The monoisotopic (exact) mass is 308 g/mol. The molecule has 0 fully saturated rings. The van der Waals surface area contributed by atoms with Gasteiger partial charge in [-0.05, 0) is 41.1 Å². The number of aromatic nitrogens is 1. The summed E-state index contributed by atoms with van der Waals surface area (Å²) < 4.78 is 3.08. The molecular formula is C18H16N2OS. The first-order chi connectivity index (χ1) is 10.6. The highest BCUT2D eigenvalue weighted by Gasteiger charge is 2.11. The Morgan fingerprint density at radius 3 is 2.64 bits per heavy atom. The molecule has 0 saturated heterocycles. The number of thiophene rings is 1. The molecule has 2 heterocycles. The van der Waals surface area contributed by atoms with E-state index in [9.17, 15) is 5.11 Å². The van der Waals surface area contributed by atoms with Crippen LogP contribution in [0.15, 0.2) is 54.0 Å². The maximum Gasteiger partial charge on any atom is 0.203 e. The van der Waals surface area contributed by atoms with Gasteiger partial charge >= 0.3 is 0 Å². The molecule has 22 heavy (non-hydrogen) atoms. The van der Waals surface area contributed by atoms with E-state index in [1.54, 1.807) is 11.3 Å². The fraction of sp³-hybridized carbons (Fsp3) is 0.111. The zero-order valence-electron chi connectivity index (χ0n) is 12.4. The van der Waals surface area contributed by atoms with Gasteiger partial charge in [-0.2, -0.15) is 0 Å². The Bertz CT molecular complexity index is 981. The van der Waals surface area contributed by atoms with E-state index in [0.717, 1.165) is 22.1 Å². The summed E-state index contributed by atoms with van der Waals surface area (Å²) >= 11 is 1.71. The lowest BCUT2D eigenvalue weighted by molar-refractivity contribution is 0.448. The second-order valence-corrected chi connectivity index (χ2v) is 6.58. The number of anilines is 1. The third kappa shape index (κ3) is 1.96. The number of aromatic hydroxyl groups is 1. The van der Waals surface area contributed by atoms with Crippen LogP contribution in [0.4, 0.5) is 5.69 Å². The van der Waals surface area contributed by atoms with E-state index < -0.39 is 0 Å². The summed E-state index contributed by atoms with van der Waals surface area (Å²) in [6.45, 7) is 0. The highest BCUT2D eigenvalue weighted by atomic mass is 32.1. The van der Waals surface area contributed by atoms with Crippen molar-refractivity contribution in [2.45, 2.75) is 0 Å². The van der Waals surface area contributed by atoms with E-state index in [-0.39, 0.29) is 5.88 Å². The third-order valence-electron chi connectivity index (χ3n) is 4.01. The van der Waals surface area contributed by atoms with Crippen LogP contribution >= 0.6 is 11.3 Å². The van der Waals surface area contributed by atoms with E-state index >= 15 is 0 Å². The Kier molecular flexibility index (Phi) is 2.87. The molecule has 4 heteroatoms. The summed E-state index contributed by atoms with van der Waals surface area (Å²) in [5.74, 6) is 0.287. The highest BCUT2D eigenvalue weighted by Crippen LogP contribution is 2.34. The van der Waals surface area contributed by atoms with Crippen molar-refractivity contribution in [3.05, 3.63) is 54.0 Å². The molecule has 110 valence electrons. The van der Waals surface area contributed by atoms with Crippen LogP contribution in [-0.4, -0.2) is 23.8 Å². The van der Waals surface area contributed by atoms with E-state index in [0.29, 0.717) is 0 Å². The van der Waals surface area contributed by atoms with Crippen LogP contribution in [-0.2, 0) is 0 Å². The summed E-state index contributed by atoms with van der Waals surface area (Å²) in [6, 6.07) is 14.5. The van der Waals surface area contributed by atoms with Gasteiger partial charge in [-0.25, -0.2) is 0 Å². The van der Waals surface area contributed by atoms with Crippen molar-refractivity contribution < 1.29 is 5.11 Å². The van der Waals surface area contributed by atoms with Gasteiger partial charge in [-0.1, -0.05) is 12.1 Å². The van der Waals surface area contributed by atoms with E-state index in [2.05, 4.69) is 29.6 Å². The van der Waals surface area contributed by atoms with Crippen LogP contribution < -0.4 is 4.90 Å². The van der Waals surface area contributed by atoms with Crippen molar-refractivity contribution in [2.75, 3.05) is 19.0 Å². The lowest BCUT2D eigenvalue weighted by Crippen LogP contribution is -2.07.